The standard InChI is InChI=1S/C25H26BrN3O2/c1-15-11-20(22(27-14-15)16-7-5-4-6-8-16)28-24(31)29-23-18-10-9-17(26)12-19(18)25(2,3)13-21(23)30/h4-12,14,21,23,30H,13H2,1-3H3,(H2,28,29,31)/t21-,23?/m1/s1. The minimum absolute atomic E-state index is 0.186. The second-order valence-corrected chi connectivity index (χ2v) is 9.65. The molecule has 0 spiro atoms. The first-order chi connectivity index (χ1) is 14.7. The van der Waals surface area contributed by atoms with Crippen LogP contribution in [0.2, 0.25) is 0 Å². The molecule has 4 rings (SSSR count). The van der Waals surface area contributed by atoms with E-state index in [0.29, 0.717) is 17.8 Å². The largest absolute Gasteiger partial charge is 0.391 e. The molecule has 3 N–H and O–H groups in total. The van der Waals surface area contributed by atoms with Crippen LogP contribution in [0, 0.1) is 6.92 Å². The highest BCUT2D eigenvalue weighted by atomic mass is 79.9. The summed E-state index contributed by atoms with van der Waals surface area (Å²) >= 11 is 3.54. The van der Waals surface area contributed by atoms with E-state index in [2.05, 4.69) is 51.5 Å². The second kappa shape index (κ2) is 8.44. The van der Waals surface area contributed by atoms with Crippen LogP contribution in [-0.2, 0) is 5.41 Å². The van der Waals surface area contributed by atoms with Gasteiger partial charge in [-0.25, -0.2) is 4.79 Å². The van der Waals surface area contributed by atoms with Gasteiger partial charge in [0.1, 0.15) is 0 Å². The number of carbonyl (C=O) groups is 1. The Bertz CT molecular complexity index is 1120. The molecule has 0 aliphatic heterocycles. The molecule has 1 heterocycles. The van der Waals surface area contributed by atoms with Crippen molar-refractivity contribution < 1.29 is 9.90 Å². The van der Waals surface area contributed by atoms with Crippen LogP contribution in [0.5, 0.6) is 0 Å². The third-order valence-electron chi connectivity index (χ3n) is 5.79. The summed E-state index contributed by atoms with van der Waals surface area (Å²) in [6.07, 6.45) is 1.66. The normalized spacial score (nSPS) is 19.4. The molecule has 2 aromatic carbocycles. The molecule has 160 valence electrons. The molecule has 2 amide bonds. The molecular weight excluding hydrogens is 454 g/mol. The Kier molecular flexibility index (Phi) is 5.86. The van der Waals surface area contributed by atoms with E-state index >= 15 is 0 Å². The average molecular weight is 480 g/mol. The Morgan fingerprint density at radius 2 is 1.90 bits per heavy atom. The molecule has 0 fully saturated rings. The number of amides is 2. The summed E-state index contributed by atoms with van der Waals surface area (Å²) in [4.78, 5) is 17.5. The highest BCUT2D eigenvalue weighted by molar-refractivity contribution is 9.10. The van der Waals surface area contributed by atoms with Crippen LogP contribution < -0.4 is 10.6 Å². The minimum atomic E-state index is -0.682. The van der Waals surface area contributed by atoms with Crippen molar-refractivity contribution in [3.63, 3.8) is 0 Å². The van der Waals surface area contributed by atoms with E-state index in [4.69, 9.17) is 0 Å². The number of hydrogen-bond donors (Lipinski definition) is 3. The molecule has 1 unspecified atom stereocenters. The Hall–Kier alpha value is -2.70. The van der Waals surface area contributed by atoms with Gasteiger partial charge in [0, 0.05) is 16.2 Å². The lowest BCUT2D eigenvalue weighted by Crippen LogP contribution is -2.45. The van der Waals surface area contributed by atoms with Gasteiger partial charge in [-0.15, -0.1) is 0 Å². The van der Waals surface area contributed by atoms with Crippen molar-refractivity contribution in [1.29, 1.82) is 0 Å². The zero-order valence-electron chi connectivity index (χ0n) is 17.8. The first kappa shape index (κ1) is 21.5. The number of aliphatic hydroxyl groups is 1. The van der Waals surface area contributed by atoms with Crippen molar-refractivity contribution in [3.05, 3.63) is 82.0 Å². The number of fused-ring (bicyclic) bond motifs is 1. The number of pyridine rings is 1. The molecule has 0 bridgehead atoms. The van der Waals surface area contributed by atoms with Crippen LogP contribution in [0.15, 0.2) is 65.3 Å². The van der Waals surface area contributed by atoms with Crippen LogP contribution in [-0.4, -0.2) is 22.2 Å². The molecule has 0 saturated carbocycles. The number of nitrogens with one attached hydrogen (secondary N) is 2. The fourth-order valence-corrected chi connectivity index (χ4v) is 4.67. The van der Waals surface area contributed by atoms with Gasteiger partial charge < -0.3 is 15.7 Å². The predicted octanol–water partition coefficient (Wildman–Crippen LogP) is 5.72. The van der Waals surface area contributed by atoms with Gasteiger partial charge in [0.15, 0.2) is 0 Å². The highest BCUT2D eigenvalue weighted by Crippen LogP contribution is 2.42. The third kappa shape index (κ3) is 4.50. The molecule has 0 saturated heterocycles. The molecule has 1 aliphatic rings. The van der Waals surface area contributed by atoms with Crippen LogP contribution in [0.3, 0.4) is 0 Å². The Balaban J connectivity index is 1.61. The smallest absolute Gasteiger partial charge is 0.319 e. The molecule has 1 aliphatic carbocycles. The van der Waals surface area contributed by atoms with E-state index in [1.165, 1.54) is 0 Å². The van der Waals surface area contributed by atoms with Gasteiger partial charge in [-0.3, -0.25) is 4.98 Å². The van der Waals surface area contributed by atoms with Crippen molar-refractivity contribution in [1.82, 2.24) is 10.3 Å². The van der Waals surface area contributed by atoms with Crippen LogP contribution >= 0.6 is 15.9 Å². The lowest BCUT2D eigenvalue weighted by molar-refractivity contribution is 0.0882. The number of aryl methyl sites for hydroxylation is 1. The quantitative estimate of drug-likeness (QED) is 0.449. The van der Waals surface area contributed by atoms with Crippen molar-refractivity contribution in [2.24, 2.45) is 0 Å². The first-order valence-corrected chi connectivity index (χ1v) is 11.1. The zero-order valence-corrected chi connectivity index (χ0v) is 19.4. The van der Waals surface area contributed by atoms with Gasteiger partial charge >= 0.3 is 6.03 Å². The summed E-state index contributed by atoms with van der Waals surface area (Å²) in [6, 6.07) is 16.8. The summed E-state index contributed by atoms with van der Waals surface area (Å²) in [6.45, 7) is 6.16. The number of rotatable bonds is 3. The van der Waals surface area contributed by atoms with Crippen LogP contribution in [0.1, 0.15) is 43.0 Å². The van der Waals surface area contributed by atoms with Crippen molar-refractivity contribution in [3.8, 4) is 11.3 Å². The van der Waals surface area contributed by atoms with Gasteiger partial charge in [0.25, 0.3) is 0 Å². The van der Waals surface area contributed by atoms with E-state index in [1.54, 1.807) is 6.20 Å². The zero-order chi connectivity index (χ0) is 22.2. The lowest BCUT2D eigenvalue weighted by Gasteiger charge is -2.40. The summed E-state index contributed by atoms with van der Waals surface area (Å²) < 4.78 is 0.984. The van der Waals surface area contributed by atoms with Gasteiger partial charge in [-0.1, -0.05) is 66.2 Å². The Morgan fingerprint density at radius 3 is 2.65 bits per heavy atom. The van der Waals surface area contributed by atoms with Crippen molar-refractivity contribution >= 4 is 27.6 Å². The highest BCUT2D eigenvalue weighted by Gasteiger charge is 2.39. The van der Waals surface area contributed by atoms with Gasteiger partial charge in [-0.05, 0) is 53.6 Å². The molecule has 5 nitrogen and oxygen atoms in total. The molecule has 6 heteroatoms. The summed E-state index contributed by atoms with van der Waals surface area (Å²) in [7, 11) is 0. The number of hydrogen-bond acceptors (Lipinski definition) is 3. The molecule has 2 atom stereocenters. The number of nitrogens with zero attached hydrogens (tertiary/aromatic N) is 1. The second-order valence-electron chi connectivity index (χ2n) is 8.74. The van der Waals surface area contributed by atoms with Crippen molar-refractivity contribution in [2.45, 2.75) is 44.8 Å². The first-order valence-electron chi connectivity index (χ1n) is 10.3. The van der Waals surface area contributed by atoms with E-state index in [1.807, 2.05) is 55.5 Å². The van der Waals surface area contributed by atoms with E-state index in [-0.39, 0.29) is 11.4 Å². The van der Waals surface area contributed by atoms with Crippen molar-refractivity contribution in [2.75, 3.05) is 5.32 Å². The maximum absolute atomic E-state index is 13.0. The van der Waals surface area contributed by atoms with E-state index in [9.17, 15) is 9.90 Å². The van der Waals surface area contributed by atoms with Gasteiger partial charge in [-0.2, -0.15) is 0 Å². The Labute approximate surface area is 191 Å². The minimum Gasteiger partial charge on any atom is -0.391 e. The number of anilines is 1. The van der Waals surface area contributed by atoms with E-state index < -0.39 is 12.1 Å². The fourth-order valence-electron chi connectivity index (χ4n) is 4.31. The number of aliphatic hydroxyl groups excluding tert-OH is 1. The SMILES string of the molecule is Cc1cnc(-c2ccccc2)c(NC(=O)NC2c3ccc(Br)cc3C(C)(C)C[C@H]2O)c1. The number of urea groups is 1. The maximum Gasteiger partial charge on any atom is 0.319 e. The summed E-state index contributed by atoms with van der Waals surface area (Å²) in [5.74, 6) is 0. The van der Waals surface area contributed by atoms with Crippen LogP contribution in [0.25, 0.3) is 11.3 Å². The molecule has 31 heavy (non-hydrogen) atoms. The van der Waals surface area contributed by atoms with Gasteiger partial charge in [0.2, 0.25) is 0 Å². The summed E-state index contributed by atoms with van der Waals surface area (Å²) in [5.41, 5.74) is 5.08. The van der Waals surface area contributed by atoms with Gasteiger partial charge in [0.05, 0.1) is 23.5 Å². The summed E-state index contributed by atoms with van der Waals surface area (Å²) in [5, 5.41) is 16.8. The van der Waals surface area contributed by atoms with E-state index in [0.717, 1.165) is 26.7 Å². The Morgan fingerprint density at radius 1 is 1.16 bits per heavy atom. The third-order valence-corrected chi connectivity index (χ3v) is 6.28. The topological polar surface area (TPSA) is 74.2 Å². The average Bonchev–Trinajstić information content (AvgIpc) is 2.72. The number of carbonyl (C=O) groups excluding carboxylic acids is 1. The molecule has 0 radical (unpaired) electrons. The molecule has 3 aromatic rings. The number of aromatic nitrogens is 1. The number of halogens is 1. The number of benzene rings is 2. The predicted molar refractivity (Wildman–Crippen MR) is 127 cm³/mol. The maximum atomic E-state index is 13.0. The lowest BCUT2D eigenvalue weighted by atomic mass is 9.70. The van der Waals surface area contributed by atoms with Crippen LogP contribution in [0.4, 0.5) is 10.5 Å². The molecular formula is C25H26BrN3O2. The fraction of sp³-hybridized carbons (Fsp3) is 0.280. The molecule has 1 aromatic heterocycles. The monoisotopic (exact) mass is 479 g/mol.